The van der Waals surface area contributed by atoms with E-state index >= 15 is 0 Å². The molecular weight excluding hydrogens is 136 g/mol. The Labute approximate surface area is 68.4 Å². The van der Waals surface area contributed by atoms with Crippen LogP contribution in [0.4, 0.5) is 0 Å². The second-order valence-corrected chi connectivity index (χ2v) is 3.03. The van der Waals surface area contributed by atoms with E-state index in [1.807, 2.05) is 12.2 Å². The molecule has 0 spiro atoms. The fraction of sp³-hybridized carbons (Fsp3) is 0.600. The van der Waals surface area contributed by atoms with Gasteiger partial charge in [0, 0.05) is 0 Å². The predicted molar refractivity (Wildman–Crippen MR) is 47.4 cm³/mol. The molecule has 0 aromatic carbocycles. The molecule has 0 radical (unpaired) electrons. The van der Waals surface area contributed by atoms with Gasteiger partial charge in [0.1, 0.15) is 0 Å². The third-order valence-electron chi connectivity index (χ3n) is 1.95. The minimum Gasteiger partial charge on any atom is -0.393 e. The lowest BCUT2D eigenvalue weighted by Gasteiger charge is -2.07. The van der Waals surface area contributed by atoms with E-state index in [1.165, 1.54) is 6.42 Å². The van der Waals surface area contributed by atoms with Crippen LogP contribution in [0.3, 0.4) is 0 Å². The summed E-state index contributed by atoms with van der Waals surface area (Å²) in [6.07, 6.45) is 13.5. The molecule has 0 saturated heterocycles. The zero-order chi connectivity index (χ0) is 7.94. The zero-order valence-corrected chi connectivity index (χ0v) is 6.87. The molecule has 1 nitrogen and oxygen atoms in total. The quantitative estimate of drug-likeness (QED) is 0.565. The number of rotatable bonds is 0. The van der Waals surface area contributed by atoms with Crippen molar-refractivity contribution >= 4 is 0 Å². The van der Waals surface area contributed by atoms with Crippen molar-refractivity contribution in [2.45, 2.75) is 38.2 Å². The Hall–Kier alpha value is -0.560. The van der Waals surface area contributed by atoms with Crippen molar-refractivity contribution in [1.82, 2.24) is 0 Å². The molecule has 1 atom stereocenters. The number of hydrogen-bond donors (Lipinski definition) is 1. The van der Waals surface area contributed by atoms with Gasteiger partial charge in [0.15, 0.2) is 0 Å². The van der Waals surface area contributed by atoms with Gasteiger partial charge >= 0.3 is 0 Å². The number of hydrogen-bond acceptors (Lipinski definition) is 1. The van der Waals surface area contributed by atoms with Crippen molar-refractivity contribution in [2.75, 3.05) is 0 Å². The smallest absolute Gasteiger partial charge is 0.0574 e. The van der Waals surface area contributed by atoms with Gasteiger partial charge in [-0.05, 0) is 25.7 Å². The lowest BCUT2D eigenvalue weighted by molar-refractivity contribution is 0.164. The first-order chi connectivity index (χ1) is 5.39. The van der Waals surface area contributed by atoms with E-state index in [9.17, 15) is 5.11 Å². The fourth-order valence-electron chi connectivity index (χ4n) is 1.25. The largest absolute Gasteiger partial charge is 0.393 e. The third-order valence-corrected chi connectivity index (χ3v) is 1.95. The summed E-state index contributed by atoms with van der Waals surface area (Å²) in [6, 6.07) is 0. The molecule has 0 aromatic heterocycles. The highest BCUT2D eigenvalue weighted by molar-refractivity contribution is 5.03. The standard InChI is InChI=1S/C10H16O/c11-10-8-6-4-2-1-3-5-7-9-10/h1-2,4,6,10-11H,3,5,7-9H2/b2-1+,6-4-. The average Bonchev–Trinajstić information content (AvgIpc) is 2.03. The first-order valence-corrected chi connectivity index (χ1v) is 4.39. The highest BCUT2D eigenvalue weighted by Crippen LogP contribution is 2.09. The second kappa shape index (κ2) is 5.14. The molecule has 0 amide bonds. The molecule has 11 heavy (non-hydrogen) atoms. The monoisotopic (exact) mass is 152 g/mol. The molecule has 1 N–H and O–H groups in total. The van der Waals surface area contributed by atoms with Crippen LogP contribution in [0.2, 0.25) is 0 Å². The van der Waals surface area contributed by atoms with Gasteiger partial charge in [0.2, 0.25) is 0 Å². The maximum atomic E-state index is 9.36. The van der Waals surface area contributed by atoms with Crippen LogP contribution in [-0.2, 0) is 0 Å². The Balaban J connectivity index is 2.36. The lowest BCUT2D eigenvalue weighted by atomic mass is 10.1. The van der Waals surface area contributed by atoms with Crippen molar-refractivity contribution in [3.63, 3.8) is 0 Å². The van der Waals surface area contributed by atoms with Crippen LogP contribution >= 0.6 is 0 Å². The van der Waals surface area contributed by atoms with E-state index in [1.54, 1.807) is 0 Å². The summed E-state index contributed by atoms with van der Waals surface area (Å²) in [4.78, 5) is 0. The molecule has 1 aliphatic carbocycles. The minimum atomic E-state index is -0.113. The highest BCUT2D eigenvalue weighted by Gasteiger charge is 2.00. The van der Waals surface area contributed by atoms with Crippen LogP contribution in [0, 0.1) is 0 Å². The minimum absolute atomic E-state index is 0.113. The Kier molecular flexibility index (Phi) is 3.99. The van der Waals surface area contributed by atoms with Crippen LogP contribution in [0.1, 0.15) is 32.1 Å². The number of aliphatic hydroxyl groups is 1. The lowest BCUT2D eigenvalue weighted by Crippen LogP contribution is -2.04. The van der Waals surface area contributed by atoms with Crippen LogP contribution in [-0.4, -0.2) is 11.2 Å². The summed E-state index contributed by atoms with van der Waals surface area (Å²) < 4.78 is 0. The van der Waals surface area contributed by atoms with Crippen LogP contribution in [0.5, 0.6) is 0 Å². The van der Waals surface area contributed by atoms with Gasteiger partial charge in [-0.1, -0.05) is 30.7 Å². The third kappa shape index (κ3) is 3.99. The Morgan fingerprint density at radius 1 is 1.09 bits per heavy atom. The second-order valence-electron chi connectivity index (χ2n) is 3.03. The van der Waals surface area contributed by atoms with Gasteiger partial charge in [-0.15, -0.1) is 0 Å². The highest BCUT2D eigenvalue weighted by atomic mass is 16.3. The molecule has 0 aromatic rings. The Morgan fingerprint density at radius 3 is 2.82 bits per heavy atom. The predicted octanol–water partition coefficient (Wildman–Crippen LogP) is 2.42. The fourth-order valence-corrected chi connectivity index (χ4v) is 1.25. The normalized spacial score (nSPS) is 32.6. The van der Waals surface area contributed by atoms with Crippen LogP contribution in [0.25, 0.3) is 0 Å². The summed E-state index contributed by atoms with van der Waals surface area (Å²) in [5.41, 5.74) is 0. The summed E-state index contributed by atoms with van der Waals surface area (Å²) in [5, 5.41) is 9.36. The van der Waals surface area contributed by atoms with Crippen molar-refractivity contribution in [3.8, 4) is 0 Å². The first-order valence-electron chi connectivity index (χ1n) is 4.39. The van der Waals surface area contributed by atoms with Crippen molar-refractivity contribution in [1.29, 1.82) is 0 Å². The van der Waals surface area contributed by atoms with E-state index in [0.29, 0.717) is 0 Å². The van der Waals surface area contributed by atoms with E-state index in [4.69, 9.17) is 0 Å². The molecule has 1 aliphatic rings. The van der Waals surface area contributed by atoms with Crippen molar-refractivity contribution in [3.05, 3.63) is 24.3 Å². The Bertz CT molecular complexity index is 147. The van der Waals surface area contributed by atoms with Crippen molar-refractivity contribution in [2.24, 2.45) is 0 Å². The molecular formula is C10H16O. The molecule has 62 valence electrons. The summed E-state index contributed by atoms with van der Waals surface area (Å²) >= 11 is 0. The molecule has 0 aliphatic heterocycles. The van der Waals surface area contributed by atoms with Gasteiger partial charge in [-0.3, -0.25) is 0 Å². The van der Waals surface area contributed by atoms with E-state index in [-0.39, 0.29) is 6.10 Å². The SMILES string of the molecule is OC1C/C=C\C=C\CCCC1. The summed E-state index contributed by atoms with van der Waals surface area (Å²) in [5.74, 6) is 0. The molecule has 1 rings (SSSR count). The molecule has 0 saturated carbocycles. The number of aliphatic hydroxyl groups excluding tert-OH is 1. The molecule has 0 fully saturated rings. The Morgan fingerprint density at radius 2 is 1.91 bits per heavy atom. The van der Waals surface area contributed by atoms with Gasteiger partial charge < -0.3 is 5.11 Å². The van der Waals surface area contributed by atoms with Crippen LogP contribution < -0.4 is 0 Å². The average molecular weight is 152 g/mol. The maximum absolute atomic E-state index is 9.36. The van der Waals surface area contributed by atoms with Crippen LogP contribution in [0.15, 0.2) is 24.3 Å². The van der Waals surface area contributed by atoms with Gasteiger partial charge in [0.05, 0.1) is 6.10 Å². The molecule has 0 bridgehead atoms. The molecule has 1 unspecified atom stereocenters. The first kappa shape index (κ1) is 8.54. The van der Waals surface area contributed by atoms with E-state index < -0.39 is 0 Å². The zero-order valence-electron chi connectivity index (χ0n) is 6.87. The summed E-state index contributed by atoms with van der Waals surface area (Å²) in [7, 11) is 0. The maximum Gasteiger partial charge on any atom is 0.0574 e. The van der Waals surface area contributed by atoms with Crippen molar-refractivity contribution < 1.29 is 5.11 Å². The van der Waals surface area contributed by atoms with E-state index in [2.05, 4.69) is 12.2 Å². The van der Waals surface area contributed by atoms with Gasteiger partial charge in [-0.2, -0.15) is 0 Å². The van der Waals surface area contributed by atoms with E-state index in [0.717, 1.165) is 25.7 Å². The molecule has 1 heteroatoms. The number of allylic oxidation sites excluding steroid dienone is 3. The van der Waals surface area contributed by atoms with Gasteiger partial charge in [-0.25, -0.2) is 0 Å². The van der Waals surface area contributed by atoms with Gasteiger partial charge in [0.25, 0.3) is 0 Å². The topological polar surface area (TPSA) is 20.2 Å². The molecule has 0 heterocycles. The summed E-state index contributed by atoms with van der Waals surface area (Å²) in [6.45, 7) is 0.